The van der Waals surface area contributed by atoms with E-state index in [9.17, 15) is 14.4 Å². The molecular formula is C20H15Cl2N3O4S. The van der Waals surface area contributed by atoms with Crippen LogP contribution in [0.25, 0.3) is 11.3 Å². The summed E-state index contributed by atoms with van der Waals surface area (Å²) < 4.78 is 5.03. The number of benzene rings is 2. The summed E-state index contributed by atoms with van der Waals surface area (Å²) in [7, 11) is 0. The summed E-state index contributed by atoms with van der Waals surface area (Å²) in [5.41, 5.74) is 1.83. The van der Waals surface area contributed by atoms with Crippen LogP contribution in [0.3, 0.4) is 0 Å². The predicted octanol–water partition coefficient (Wildman–Crippen LogP) is 4.03. The molecule has 0 saturated heterocycles. The number of ether oxygens (including phenoxy) is 1. The minimum absolute atomic E-state index is 0.0353. The van der Waals surface area contributed by atoms with Crippen LogP contribution >= 0.6 is 34.5 Å². The minimum Gasteiger partial charge on any atom is -0.460 e. The quantitative estimate of drug-likeness (QED) is 0.326. The Labute approximate surface area is 186 Å². The maximum Gasteiger partial charge on any atom is 0.338 e. The van der Waals surface area contributed by atoms with Gasteiger partial charge in [0.15, 0.2) is 5.13 Å². The summed E-state index contributed by atoms with van der Waals surface area (Å²) in [6.07, 6.45) is 0. The van der Waals surface area contributed by atoms with E-state index >= 15 is 0 Å². The molecule has 10 heteroatoms. The maximum absolute atomic E-state index is 12.0. The van der Waals surface area contributed by atoms with Gasteiger partial charge in [-0.2, -0.15) is 0 Å². The van der Waals surface area contributed by atoms with E-state index in [1.54, 1.807) is 5.38 Å². The van der Waals surface area contributed by atoms with Crippen LogP contribution in [-0.4, -0.2) is 35.9 Å². The molecule has 0 aliphatic heterocycles. The van der Waals surface area contributed by atoms with E-state index in [-0.39, 0.29) is 23.7 Å². The van der Waals surface area contributed by atoms with E-state index in [0.717, 1.165) is 5.56 Å². The number of nitrogens with zero attached hydrogens (tertiary/aromatic N) is 1. The summed E-state index contributed by atoms with van der Waals surface area (Å²) >= 11 is 12.9. The predicted molar refractivity (Wildman–Crippen MR) is 116 cm³/mol. The Balaban J connectivity index is 1.42. The topological polar surface area (TPSA) is 97.4 Å². The number of rotatable bonds is 6. The fraction of sp³-hybridized carbons (Fsp3) is 0.100. The molecule has 0 bridgehead atoms. The van der Waals surface area contributed by atoms with E-state index in [1.807, 2.05) is 30.3 Å². The first-order chi connectivity index (χ1) is 14.4. The third kappa shape index (κ3) is 5.79. The van der Waals surface area contributed by atoms with Gasteiger partial charge in [-0.15, -0.1) is 11.3 Å². The lowest BCUT2D eigenvalue weighted by Crippen LogP contribution is -2.37. The third-order valence-corrected chi connectivity index (χ3v) is 5.27. The average molecular weight is 464 g/mol. The number of nitrogens with one attached hydrogen (secondary N) is 2. The highest BCUT2D eigenvalue weighted by Crippen LogP contribution is 2.24. The molecule has 1 heterocycles. The third-order valence-electron chi connectivity index (χ3n) is 3.78. The Morgan fingerprint density at radius 3 is 2.50 bits per heavy atom. The van der Waals surface area contributed by atoms with Gasteiger partial charge in [0, 0.05) is 10.9 Å². The van der Waals surface area contributed by atoms with Crippen molar-refractivity contribution in [1.29, 1.82) is 0 Å². The number of esters is 1. The molecule has 7 nitrogen and oxygen atoms in total. The molecule has 3 aromatic rings. The molecule has 0 radical (unpaired) electrons. The Morgan fingerprint density at radius 2 is 1.77 bits per heavy atom. The number of aromatic nitrogens is 1. The Morgan fingerprint density at radius 1 is 1.00 bits per heavy atom. The van der Waals surface area contributed by atoms with E-state index in [0.29, 0.717) is 15.8 Å². The maximum atomic E-state index is 12.0. The molecule has 2 aromatic carbocycles. The number of amides is 2. The van der Waals surface area contributed by atoms with Gasteiger partial charge in [-0.25, -0.2) is 9.78 Å². The van der Waals surface area contributed by atoms with Crippen molar-refractivity contribution in [3.05, 3.63) is 69.5 Å². The zero-order chi connectivity index (χ0) is 21.5. The second-order valence-corrected chi connectivity index (χ2v) is 7.55. The van der Waals surface area contributed by atoms with Crippen molar-refractivity contribution in [2.24, 2.45) is 0 Å². The number of thiazole rings is 1. The fourth-order valence-corrected chi connectivity index (χ4v) is 3.33. The second kappa shape index (κ2) is 10.2. The number of hydrogen-bond donors (Lipinski definition) is 2. The van der Waals surface area contributed by atoms with Crippen molar-refractivity contribution in [1.82, 2.24) is 10.3 Å². The van der Waals surface area contributed by atoms with Crippen LogP contribution in [0, 0.1) is 0 Å². The molecule has 1 aromatic heterocycles. The molecular weight excluding hydrogens is 449 g/mol. The number of anilines is 1. The molecule has 2 N–H and O–H groups in total. The van der Waals surface area contributed by atoms with E-state index < -0.39 is 17.8 Å². The SMILES string of the molecule is O=C(NCCOC(=O)c1ccc(Cl)c(Cl)c1)C(=O)Nc1nc(-c2ccccc2)cs1. The van der Waals surface area contributed by atoms with Gasteiger partial charge in [0.1, 0.15) is 6.61 Å². The molecule has 0 atom stereocenters. The van der Waals surface area contributed by atoms with Crippen LogP contribution in [0.4, 0.5) is 5.13 Å². The number of carbonyl (C=O) groups excluding carboxylic acids is 3. The van der Waals surface area contributed by atoms with Crippen molar-refractivity contribution in [2.45, 2.75) is 0 Å². The van der Waals surface area contributed by atoms with Crippen LogP contribution in [-0.2, 0) is 14.3 Å². The molecule has 0 spiro atoms. The summed E-state index contributed by atoms with van der Waals surface area (Å²) in [5.74, 6) is -2.35. The van der Waals surface area contributed by atoms with E-state index in [4.69, 9.17) is 27.9 Å². The molecule has 2 amide bonds. The van der Waals surface area contributed by atoms with Gasteiger partial charge in [-0.3, -0.25) is 14.9 Å². The summed E-state index contributed by atoms with van der Waals surface area (Å²) in [6, 6.07) is 13.8. The van der Waals surface area contributed by atoms with Crippen molar-refractivity contribution < 1.29 is 19.1 Å². The Hall–Kier alpha value is -2.94. The van der Waals surface area contributed by atoms with Crippen LogP contribution in [0.5, 0.6) is 0 Å². The van der Waals surface area contributed by atoms with Gasteiger partial charge in [-0.1, -0.05) is 53.5 Å². The first-order valence-electron chi connectivity index (χ1n) is 8.66. The second-order valence-electron chi connectivity index (χ2n) is 5.88. The molecule has 30 heavy (non-hydrogen) atoms. The first kappa shape index (κ1) is 21.8. The molecule has 3 rings (SSSR count). The monoisotopic (exact) mass is 463 g/mol. The molecule has 0 unspecified atom stereocenters. The Bertz CT molecular complexity index is 1070. The van der Waals surface area contributed by atoms with E-state index in [1.165, 1.54) is 29.5 Å². The van der Waals surface area contributed by atoms with Crippen LogP contribution in [0.1, 0.15) is 10.4 Å². The van der Waals surface area contributed by atoms with Gasteiger partial charge in [0.25, 0.3) is 0 Å². The molecule has 154 valence electrons. The van der Waals surface area contributed by atoms with Gasteiger partial charge >= 0.3 is 17.8 Å². The fourth-order valence-electron chi connectivity index (χ4n) is 2.32. The van der Waals surface area contributed by atoms with Crippen LogP contribution < -0.4 is 10.6 Å². The lowest BCUT2D eigenvalue weighted by atomic mass is 10.2. The lowest BCUT2D eigenvalue weighted by molar-refractivity contribution is -0.136. The minimum atomic E-state index is -0.864. The van der Waals surface area contributed by atoms with Crippen LogP contribution in [0.2, 0.25) is 10.0 Å². The van der Waals surface area contributed by atoms with Crippen molar-refractivity contribution in [2.75, 3.05) is 18.5 Å². The summed E-state index contributed by atoms with van der Waals surface area (Å²) in [5, 5.41) is 7.45. The standard InChI is InChI=1S/C20H15Cl2N3O4S/c21-14-7-6-13(10-15(14)22)19(28)29-9-8-23-17(26)18(27)25-20-24-16(11-30-20)12-4-2-1-3-5-12/h1-7,10-11H,8-9H2,(H,23,26)(H,24,25,27). The summed E-state index contributed by atoms with van der Waals surface area (Å²) in [4.78, 5) is 40.1. The summed E-state index contributed by atoms with van der Waals surface area (Å²) in [6.45, 7) is -0.153. The van der Waals surface area contributed by atoms with Gasteiger partial charge in [0.05, 0.1) is 27.8 Å². The van der Waals surface area contributed by atoms with Gasteiger partial charge in [0.2, 0.25) is 0 Å². The first-order valence-corrected chi connectivity index (χ1v) is 10.3. The van der Waals surface area contributed by atoms with Crippen molar-refractivity contribution >= 4 is 57.5 Å². The molecule has 0 fully saturated rings. The van der Waals surface area contributed by atoms with Gasteiger partial charge in [-0.05, 0) is 18.2 Å². The number of halogens is 2. The lowest BCUT2D eigenvalue weighted by Gasteiger charge is -2.07. The zero-order valence-corrected chi connectivity index (χ0v) is 17.7. The molecule has 0 aliphatic carbocycles. The van der Waals surface area contributed by atoms with Crippen LogP contribution in [0.15, 0.2) is 53.9 Å². The molecule has 0 saturated carbocycles. The highest BCUT2D eigenvalue weighted by atomic mass is 35.5. The largest absolute Gasteiger partial charge is 0.460 e. The molecule has 0 aliphatic rings. The number of hydrogen-bond acceptors (Lipinski definition) is 6. The Kier molecular flexibility index (Phi) is 7.40. The number of carbonyl (C=O) groups is 3. The normalized spacial score (nSPS) is 10.3. The van der Waals surface area contributed by atoms with Crippen molar-refractivity contribution in [3.63, 3.8) is 0 Å². The smallest absolute Gasteiger partial charge is 0.338 e. The average Bonchev–Trinajstić information content (AvgIpc) is 3.22. The van der Waals surface area contributed by atoms with Gasteiger partial charge < -0.3 is 10.1 Å². The van der Waals surface area contributed by atoms with Crippen molar-refractivity contribution in [3.8, 4) is 11.3 Å². The van der Waals surface area contributed by atoms with E-state index in [2.05, 4.69) is 15.6 Å². The zero-order valence-electron chi connectivity index (χ0n) is 15.4. The highest BCUT2D eigenvalue weighted by molar-refractivity contribution is 7.14. The highest BCUT2D eigenvalue weighted by Gasteiger charge is 2.16.